The van der Waals surface area contributed by atoms with Gasteiger partial charge in [-0.1, -0.05) is 95.6 Å². The van der Waals surface area contributed by atoms with Gasteiger partial charge in [-0.2, -0.15) is 0 Å². The number of esters is 3. The van der Waals surface area contributed by atoms with Gasteiger partial charge in [0.15, 0.2) is 0 Å². The lowest BCUT2D eigenvalue weighted by Crippen LogP contribution is -2.44. The lowest BCUT2D eigenvalue weighted by Gasteiger charge is -2.31. The second-order valence-electron chi connectivity index (χ2n) is 5.35. The Morgan fingerprint density at radius 3 is 1.15 bits per heavy atom. The molecule has 13 heteroatoms. The molecule has 0 amide bonds. The number of carbonyl (C=O) groups is 3. The standard InChI is InChI=1S/C14H18Br6O7/c15-1-8(18)11(22)25-5-14(4-21,6-26-12(23)9(19)2-16)7-27-13(24)10(20)3-17/h8-10,21H,1-7H2. The monoisotopic (exact) mass is 772 g/mol. The largest absolute Gasteiger partial charge is 0.464 e. The van der Waals surface area contributed by atoms with Crippen LogP contribution in [0.3, 0.4) is 0 Å². The average Bonchev–Trinajstić information content (AvgIpc) is 2.70. The molecule has 0 aromatic rings. The van der Waals surface area contributed by atoms with Crippen molar-refractivity contribution in [3.63, 3.8) is 0 Å². The van der Waals surface area contributed by atoms with Gasteiger partial charge < -0.3 is 19.3 Å². The van der Waals surface area contributed by atoms with E-state index in [2.05, 4.69) is 95.6 Å². The molecule has 3 unspecified atom stereocenters. The topological polar surface area (TPSA) is 99.1 Å². The summed E-state index contributed by atoms with van der Waals surface area (Å²) in [5, 5.41) is 10.9. The Labute approximate surface area is 207 Å². The molecule has 158 valence electrons. The van der Waals surface area contributed by atoms with Gasteiger partial charge in [-0.25, -0.2) is 0 Å². The second-order valence-corrected chi connectivity index (χ2v) is 10.6. The lowest BCUT2D eigenvalue weighted by atomic mass is 9.92. The zero-order valence-electron chi connectivity index (χ0n) is 13.8. The maximum absolute atomic E-state index is 11.9. The number of aliphatic hydroxyl groups is 1. The summed E-state index contributed by atoms with van der Waals surface area (Å²) in [5.41, 5.74) is -1.29. The zero-order chi connectivity index (χ0) is 21.0. The first kappa shape index (κ1) is 28.2. The summed E-state index contributed by atoms with van der Waals surface area (Å²) in [5.74, 6) is -1.71. The fourth-order valence-electron chi connectivity index (χ4n) is 1.39. The van der Waals surface area contributed by atoms with Gasteiger partial charge in [-0.05, 0) is 0 Å². The number of hydrogen-bond donors (Lipinski definition) is 1. The van der Waals surface area contributed by atoms with E-state index in [9.17, 15) is 19.5 Å². The van der Waals surface area contributed by atoms with Crippen LogP contribution in [0.5, 0.6) is 0 Å². The first-order valence-corrected chi connectivity index (χ1v) is 13.5. The van der Waals surface area contributed by atoms with Crippen LogP contribution in [-0.2, 0) is 28.6 Å². The number of carbonyl (C=O) groups excluding carboxylic acids is 3. The molecule has 0 bridgehead atoms. The molecule has 1 N–H and O–H groups in total. The first-order chi connectivity index (χ1) is 12.7. The van der Waals surface area contributed by atoms with E-state index in [1.165, 1.54) is 0 Å². The van der Waals surface area contributed by atoms with E-state index >= 15 is 0 Å². The first-order valence-electron chi connectivity index (χ1n) is 7.37. The number of aliphatic hydroxyl groups excluding tert-OH is 1. The molecule has 7 nitrogen and oxygen atoms in total. The molecule has 0 aromatic heterocycles. The van der Waals surface area contributed by atoms with E-state index in [1.54, 1.807) is 0 Å². The predicted octanol–water partition coefficient (Wildman–Crippen LogP) is 3.07. The van der Waals surface area contributed by atoms with Crippen molar-refractivity contribution >= 4 is 113 Å². The predicted molar refractivity (Wildman–Crippen MR) is 122 cm³/mol. The number of ether oxygens (including phenoxy) is 3. The van der Waals surface area contributed by atoms with E-state index in [0.29, 0.717) is 16.0 Å². The molecule has 27 heavy (non-hydrogen) atoms. The van der Waals surface area contributed by atoms with Crippen molar-refractivity contribution in [1.29, 1.82) is 0 Å². The summed E-state index contributed by atoms with van der Waals surface area (Å²) in [6.07, 6.45) is 0. The minimum absolute atomic E-state index is 0.305. The summed E-state index contributed by atoms with van der Waals surface area (Å²) in [4.78, 5) is 33.9. The summed E-state index contributed by atoms with van der Waals surface area (Å²) in [6.45, 7) is -1.45. The van der Waals surface area contributed by atoms with Crippen LogP contribution >= 0.6 is 95.6 Å². The molecular weight excluding hydrogens is 760 g/mol. The third-order valence-corrected chi connectivity index (χ3v) is 9.71. The van der Waals surface area contributed by atoms with Crippen LogP contribution in [0.4, 0.5) is 0 Å². The van der Waals surface area contributed by atoms with Gasteiger partial charge in [0.1, 0.15) is 34.3 Å². The molecule has 0 heterocycles. The Hall–Kier alpha value is 1.25. The molecule has 0 saturated heterocycles. The van der Waals surface area contributed by atoms with Crippen LogP contribution in [0, 0.1) is 5.41 Å². The average molecular weight is 778 g/mol. The molecule has 0 aromatic carbocycles. The maximum Gasteiger partial charge on any atom is 0.320 e. The third-order valence-electron chi connectivity index (χ3n) is 3.07. The van der Waals surface area contributed by atoms with Crippen LogP contribution in [0.25, 0.3) is 0 Å². The number of alkyl halides is 6. The van der Waals surface area contributed by atoms with Crippen LogP contribution in [0.1, 0.15) is 0 Å². The van der Waals surface area contributed by atoms with Gasteiger partial charge in [-0.15, -0.1) is 0 Å². The van der Waals surface area contributed by atoms with E-state index in [1.807, 2.05) is 0 Å². The van der Waals surface area contributed by atoms with E-state index in [0.717, 1.165) is 0 Å². The number of hydrogen-bond acceptors (Lipinski definition) is 7. The zero-order valence-corrected chi connectivity index (χ0v) is 23.4. The van der Waals surface area contributed by atoms with Gasteiger partial charge in [-0.3, -0.25) is 14.4 Å². The minimum atomic E-state index is -1.29. The molecule has 3 atom stereocenters. The highest BCUT2D eigenvalue weighted by Crippen LogP contribution is 2.22. The Morgan fingerprint density at radius 1 is 0.704 bits per heavy atom. The quantitative estimate of drug-likeness (QED) is 0.175. The summed E-state index contributed by atoms with van der Waals surface area (Å²) in [6, 6.07) is 0. The van der Waals surface area contributed by atoms with Crippen molar-refractivity contribution in [3.8, 4) is 0 Å². The summed E-state index contributed by atoms with van der Waals surface area (Å²) >= 11 is 18.8. The Kier molecular flexibility index (Phi) is 15.8. The van der Waals surface area contributed by atoms with Gasteiger partial charge in [0.05, 0.1) is 12.0 Å². The Bertz CT molecular complexity index is 428. The second kappa shape index (κ2) is 15.1. The van der Waals surface area contributed by atoms with Gasteiger partial charge >= 0.3 is 17.9 Å². The van der Waals surface area contributed by atoms with Crippen molar-refractivity contribution in [3.05, 3.63) is 0 Å². The highest BCUT2D eigenvalue weighted by molar-refractivity contribution is 9.13. The molecule has 0 fully saturated rings. The van der Waals surface area contributed by atoms with E-state index < -0.39 is 44.4 Å². The molecule has 0 aliphatic carbocycles. The summed E-state index contributed by atoms with van der Waals surface area (Å²) in [7, 11) is 0. The lowest BCUT2D eigenvalue weighted by molar-refractivity contribution is -0.163. The Morgan fingerprint density at radius 2 is 0.963 bits per heavy atom. The van der Waals surface area contributed by atoms with Crippen LogP contribution in [0.15, 0.2) is 0 Å². The highest BCUT2D eigenvalue weighted by atomic mass is 79.9. The van der Waals surface area contributed by atoms with Crippen molar-refractivity contribution in [1.82, 2.24) is 0 Å². The molecular formula is C14H18Br6O7. The minimum Gasteiger partial charge on any atom is -0.464 e. The van der Waals surface area contributed by atoms with Crippen molar-refractivity contribution in [2.24, 2.45) is 5.41 Å². The van der Waals surface area contributed by atoms with Gasteiger partial charge in [0.25, 0.3) is 0 Å². The third kappa shape index (κ3) is 10.7. The van der Waals surface area contributed by atoms with Crippen molar-refractivity contribution in [2.75, 3.05) is 42.4 Å². The van der Waals surface area contributed by atoms with E-state index in [4.69, 9.17) is 14.2 Å². The van der Waals surface area contributed by atoms with Crippen LogP contribution in [-0.4, -0.2) is 79.9 Å². The maximum atomic E-state index is 11.9. The van der Waals surface area contributed by atoms with Crippen molar-refractivity contribution < 1.29 is 33.7 Å². The van der Waals surface area contributed by atoms with Crippen molar-refractivity contribution in [2.45, 2.75) is 14.5 Å². The SMILES string of the molecule is O=C(OCC(CO)(COC(=O)C(Br)CBr)COC(=O)C(Br)CBr)C(Br)CBr. The van der Waals surface area contributed by atoms with Crippen LogP contribution < -0.4 is 0 Å². The highest BCUT2D eigenvalue weighted by Gasteiger charge is 2.37. The molecule has 0 spiro atoms. The van der Waals surface area contributed by atoms with Gasteiger partial charge in [0, 0.05) is 16.0 Å². The van der Waals surface area contributed by atoms with Gasteiger partial charge in [0.2, 0.25) is 0 Å². The van der Waals surface area contributed by atoms with E-state index in [-0.39, 0.29) is 19.8 Å². The number of halogens is 6. The molecule has 0 aliphatic heterocycles. The Balaban J connectivity index is 5.14. The fraction of sp³-hybridized carbons (Fsp3) is 0.786. The molecule has 0 rings (SSSR count). The smallest absolute Gasteiger partial charge is 0.320 e. The van der Waals surface area contributed by atoms with Crippen LogP contribution in [0.2, 0.25) is 0 Å². The molecule has 0 radical (unpaired) electrons. The normalized spacial score (nSPS) is 16.6. The summed E-state index contributed by atoms with van der Waals surface area (Å²) < 4.78 is 15.6. The number of rotatable bonds is 13. The molecule has 0 saturated carbocycles. The fourth-order valence-corrected chi connectivity index (χ4v) is 2.58. The molecule has 0 aliphatic rings.